The molecule has 6 nitrogen and oxygen atoms in total. The lowest BCUT2D eigenvalue weighted by atomic mass is 10.2. The summed E-state index contributed by atoms with van der Waals surface area (Å²) in [7, 11) is 1.63. The molecule has 0 saturated heterocycles. The molecule has 0 saturated carbocycles. The van der Waals surface area contributed by atoms with Crippen LogP contribution >= 0.6 is 11.3 Å². The normalized spacial score (nSPS) is 12.2. The summed E-state index contributed by atoms with van der Waals surface area (Å²) in [4.78, 5) is 13.4. The number of hydrogen-bond donors (Lipinski definition) is 3. The molecule has 0 aliphatic heterocycles. The third kappa shape index (κ3) is 5.58. The highest BCUT2D eigenvalue weighted by molar-refractivity contribution is 7.11. The molecule has 3 N–H and O–H groups in total. The molecule has 2 rings (SSSR count). The first kappa shape index (κ1) is 20.0. The molecular formula is C16H21F3N6S. The second-order valence-corrected chi connectivity index (χ2v) is 6.71. The number of aliphatic imine (C=N–C) groups is 1. The summed E-state index contributed by atoms with van der Waals surface area (Å²) in [6.45, 7) is 5.15. The van der Waals surface area contributed by atoms with E-state index in [-0.39, 0.29) is 12.4 Å². The standard InChI is InChI=1S/C16H21F3N6S/c1-10-11(2)26-13(25-10)9-24-15(20-3)23-8-7-22-14-12(16(17,18)19)5-4-6-21-14/h4-6H,7-9H2,1-3H3,(H,21,22)(H2,20,23,24). The van der Waals surface area contributed by atoms with E-state index >= 15 is 0 Å². The summed E-state index contributed by atoms with van der Waals surface area (Å²) < 4.78 is 38.7. The van der Waals surface area contributed by atoms with Gasteiger partial charge in [0, 0.05) is 31.2 Å². The Hall–Kier alpha value is -2.36. The van der Waals surface area contributed by atoms with Crippen LogP contribution in [-0.4, -0.2) is 36.1 Å². The molecule has 0 unspecified atom stereocenters. The van der Waals surface area contributed by atoms with Gasteiger partial charge in [-0.2, -0.15) is 13.2 Å². The average molecular weight is 386 g/mol. The number of aryl methyl sites for hydroxylation is 2. The number of hydrogen-bond acceptors (Lipinski definition) is 5. The van der Waals surface area contributed by atoms with Crippen LogP contribution in [0.15, 0.2) is 23.3 Å². The number of thiazole rings is 1. The largest absolute Gasteiger partial charge is 0.419 e. The van der Waals surface area contributed by atoms with Crippen molar-refractivity contribution >= 4 is 23.1 Å². The van der Waals surface area contributed by atoms with Crippen LogP contribution in [0.5, 0.6) is 0 Å². The molecule has 0 radical (unpaired) electrons. The molecule has 0 spiro atoms. The number of alkyl halides is 3. The molecule has 0 bridgehead atoms. The minimum atomic E-state index is -4.44. The predicted molar refractivity (Wildman–Crippen MR) is 97.5 cm³/mol. The lowest BCUT2D eigenvalue weighted by molar-refractivity contribution is -0.137. The van der Waals surface area contributed by atoms with Crippen LogP contribution in [0, 0.1) is 13.8 Å². The molecule has 2 heterocycles. The van der Waals surface area contributed by atoms with Gasteiger partial charge in [-0.1, -0.05) is 0 Å². The Morgan fingerprint density at radius 2 is 2.00 bits per heavy atom. The van der Waals surface area contributed by atoms with Crippen molar-refractivity contribution in [2.24, 2.45) is 4.99 Å². The van der Waals surface area contributed by atoms with Crippen molar-refractivity contribution in [1.82, 2.24) is 20.6 Å². The average Bonchev–Trinajstić information content (AvgIpc) is 2.91. The molecule has 142 valence electrons. The number of nitrogens with zero attached hydrogens (tertiary/aromatic N) is 3. The number of halogens is 3. The Morgan fingerprint density at radius 1 is 1.23 bits per heavy atom. The van der Waals surface area contributed by atoms with Crippen molar-refractivity contribution in [3.8, 4) is 0 Å². The highest BCUT2D eigenvalue weighted by Gasteiger charge is 2.33. The van der Waals surface area contributed by atoms with Crippen LogP contribution in [0.3, 0.4) is 0 Å². The summed E-state index contributed by atoms with van der Waals surface area (Å²) in [6, 6.07) is 2.27. The maximum atomic E-state index is 12.9. The minimum absolute atomic E-state index is 0.182. The van der Waals surface area contributed by atoms with Crippen LogP contribution in [0.4, 0.5) is 19.0 Å². The summed E-state index contributed by atoms with van der Waals surface area (Å²) in [5.74, 6) is 0.368. The van der Waals surface area contributed by atoms with Crippen molar-refractivity contribution < 1.29 is 13.2 Å². The Labute approximate surface area is 154 Å². The lowest BCUT2D eigenvalue weighted by Gasteiger charge is -2.14. The quantitative estimate of drug-likeness (QED) is 0.404. The smallest absolute Gasteiger partial charge is 0.368 e. The molecule has 2 aromatic heterocycles. The molecule has 0 aliphatic rings. The van der Waals surface area contributed by atoms with Crippen LogP contribution in [0.1, 0.15) is 21.1 Å². The number of nitrogens with one attached hydrogen (secondary N) is 3. The highest BCUT2D eigenvalue weighted by Crippen LogP contribution is 2.33. The van der Waals surface area contributed by atoms with Crippen molar-refractivity contribution in [1.29, 1.82) is 0 Å². The first-order valence-corrected chi connectivity index (χ1v) is 8.76. The van der Waals surface area contributed by atoms with E-state index in [9.17, 15) is 13.2 Å². The number of guanidine groups is 1. The third-order valence-electron chi connectivity index (χ3n) is 3.53. The zero-order valence-corrected chi connectivity index (χ0v) is 15.6. The number of aromatic nitrogens is 2. The Kier molecular flexibility index (Phi) is 6.78. The first-order chi connectivity index (χ1) is 12.3. The molecule has 10 heteroatoms. The van der Waals surface area contributed by atoms with Gasteiger partial charge in [0.25, 0.3) is 0 Å². The van der Waals surface area contributed by atoms with Gasteiger partial charge in [-0.3, -0.25) is 4.99 Å². The SMILES string of the molecule is CN=C(NCCNc1ncccc1C(F)(F)F)NCc1nc(C)c(C)s1. The van der Waals surface area contributed by atoms with E-state index in [0.29, 0.717) is 19.0 Å². The van der Waals surface area contributed by atoms with Crippen LogP contribution in [0.2, 0.25) is 0 Å². The monoisotopic (exact) mass is 386 g/mol. The van der Waals surface area contributed by atoms with Crippen molar-refractivity contribution in [3.63, 3.8) is 0 Å². The van der Waals surface area contributed by atoms with Gasteiger partial charge in [-0.25, -0.2) is 9.97 Å². The fraction of sp³-hybridized carbons (Fsp3) is 0.438. The second-order valence-electron chi connectivity index (χ2n) is 5.43. The third-order valence-corrected chi connectivity index (χ3v) is 4.60. The topological polar surface area (TPSA) is 74.2 Å². The van der Waals surface area contributed by atoms with Gasteiger partial charge in [-0.15, -0.1) is 11.3 Å². The fourth-order valence-electron chi connectivity index (χ4n) is 2.13. The van der Waals surface area contributed by atoms with Crippen molar-refractivity contribution in [3.05, 3.63) is 39.5 Å². The van der Waals surface area contributed by atoms with Crippen molar-refractivity contribution in [2.45, 2.75) is 26.6 Å². The van der Waals surface area contributed by atoms with Crippen molar-refractivity contribution in [2.75, 3.05) is 25.5 Å². The zero-order chi connectivity index (χ0) is 19.2. The molecule has 0 aromatic carbocycles. The predicted octanol–water partition coefficient (Wildman–Crippen LogP) is 2.95. The van der Waals surface area contributed by atoms with E-state index in [1.807, 2.05) is 13.8 Å². The number of rotatable bonds is 6. The lowest BCUT2D eigenvalue weighted by Crippen LogP contribution is -2.39. The summed E-state index contributed by atoms with van der Waals surface area (Å²) >= 11 is 1.61. The van der Waals surface area contributed by atoms with Crippen LogP contribution in [0.25, 0.3) is 0 Å². The Balaban J connectivity index is 1.80. The summed E-state index contributed by atoms with van der Waals surface area (Å²) in [5, 5.41) is 9.80. The van der Waals surface area contributed by atoms with E-state index in [1.54, 1.807) is 18.4 Å². The van der Waals surface area contributed by atoms with Gasteiger partial charge in [0.15, 0.2) is 5.96 Å². The fourth-order valence-corrected chi connectivity index (χ4v) is 3.01. The van der Waals surface area contributed by atoms with E-state index < -0.39 is 11.7 Å². The van der Waals surface area contributed by atoms with Gasteiger partial charge >= 0.3 is 6.18 Å². The molecule has 2 aromatic rings. The maximum absolute atomic E-state index is 12.9. The second kappa shape index (κ2) is 8.84. The molecular weight excluding hydrogens is 365 g/mol. The molecule has 26 heavy (non-hydrogen) atoms. The van der Waals surface area contributed by atoms with Gasteiger partial charge in [0.1, 0.15) is 10.8 Å². The Morgan fingerprint density at radius 3 is 2.62 bits per heavy atom. The summed E-state index contributed by atoms with van der Waals surface area (Å²) in [6.07, 6.45) is -3.12. The van der Waals surface area contributed by atoms with Gasteiger partial charge in [0.05, 0.1) is 17.8 Å². The Bertz CT molecular complexity index is 737. The molecule has 0 fully saturated rings. The van der Waals surface area contributed by atoms with Crippen LogP contribution in [-0.2, 0) is 12.7 Å². The molecule has 0 amide bonds. The van der Waals surface area contributed by atoms with Gasteiger partial charge < -0.3 is 16.0 Å². The van der Waals surface area contributed by atoms with E-state index in [2.05, 4.69) is 30.9 Å². The maximum Gasteiger partial charge on any atom is 0.419 e. The zero-order valence-electron chi connectivity index (χ0n) is 14.7. The van der Waals surface area contributed by atoms with E-state index in [4.69, 9.17) is 0 Å². The molecule has 0 aliphatic carbocycles. The van der Waals surface area contributed by atoms with Gasteiger partial charge in [0.2, 0.25) is 0 Å². The number of pyridine rings is 1. The van der Waals surface area contributed by atoms with Gasteiger partial charge in [-0.05, 0) is 26.0 Å². The highest BCUT2D eigenvalue weighted by atomic mass is 32.1. The minimum Gasteiger partial charge on any atom is -0.368 e. The van der Waals surface area contributed by atoms with E-state index in [0.717, 1.165) is 16.8 Å². The van der Waals surface area contributed by atoms with E-state index in [1.165, 1.54) is 17.1 Å². The summed E-state index contributed by atoms with van der Waals surface area (Å²) in [5.41, 5.74) is 0.229. The van der Waals surface area contributed by atoms with Crippen LogP contribution < -0.4 is 16.0 Å². The number of anilines is 1. The molecule has 0 atom stereocenters. The first-order valence-electron chi connectivity index (χ1n) is 7.94.